The van der Waals surface area contributed by atoms with Gasteiger partial charge in [-0.15, -0.1) is 0 Å². The van der Waals surface area contributed by atoms with Gasteiger partial charge in [0, 0.05) is 11.7 Å². The van der Waals surface area contributed by atoms with Crippen molar-refractivity contribution in [1.82, 2.24) is 4.72 Å². The van der Waals surface area contributed by atoms with Crippen LogP contribution in [0.1, 0.15) is 27.7 Å². The fraction of sp³-hybridized carbons (Fsp3) is 0.500. The van der Waals surface area contributed by atoms with Crippen molar-refractivity contribution >= 4 is 27.3 Å². The van der Waals surface area contributed by atoms with Crippen LogP contribution in [0.15, 0.2) is 23.1 Å². The van der Waals surface area contributed by atoms with E-state index in [0.29, 0.717) is 5.69 Å². The van der Waals surface area contributed by atoms with E-state index in [-0.39, 0.29) is 21.4 Å². The summed E-state index contributed by atoms with van der Waals surface area (Å²) in [6, 6.07) is 4.18. The van der Waals surface area contributed by atoms with Gasteiger partial charge in [-0.25, -0.2) is 13.1 Å². The average molecular weight is 291 g/mol. The van der Waals surface area contributed by atoms with Crippen LogP contribution in [-0.2, 0) is 10.0 Å². The third kappa shape index (κ3) is 3.60. The molecule has 3 N–H and O–H groups in total. The van der Waals surface area contributed by atoms with Crippen molar-refractivity contribution in [2.45, 2.75) is 38.6 Å². The van der Waals surface area contributed by atoms with Crippen LogP contribution in [0.25, 0.3) is 0 Å². The number of sulfonamides is 1. The molecular weight excluding hydrogens is 272 g/mol. The number of hydrogen-bond acceptors (Lipinski definition) is 3. The molecule has 0 saturated carbocycles. The second-order valence-electron chi connectivity index (χ2n) is 5.40. The van der Waals surface area contributed by atoms with Gasteiger partial charge in [0.25, 0.3) is 0 Å². The molecule has 0 heterocycles. The molecular formula is C12H19ClN2O2S. The molecule has 0 spiro atoms. The lowest BCUT2D eigenvalue weighted by molar-refractivity contribution is 0.317. The van der Waals surface area contributed by atoms with E-state index in [0.717, 1.165) is 0 Å². The predicted octanol–water partition coefficient (Wildman–Crippen LogP) is 2.64. The van der Waals surface area contributed by atoms with Gasteiger partial charge in [-0.05, 0) is 30.5 Å². The summed E-state index contributed by atoms with van der Waals surface area (Å²) in [6.07, 6.45) is 0. The van der Waals surface area contributed by atoms with E-state index in [9.17, 15) is 8.42 Å². The minimum Gasteiger partial charge on any atom is -0.399 e. The number of hydrogen-bond donors (Lipinski definition) is 2. The number of halogens is 1. The van der Waals surface area contributed by atoms with Crippen LogP contribution >= 0.6 is 11.6 Å². The van der Waals surface area contributed by atoms with E-state index in [2.05, 4.69) is 4.72 Å². The summed E-state index contributed by atoms with van der Waals surface area (Å²) in [6.45, 7) is 7.70. The Morgan fingerprint density at radius 3 is 2.39 bits per heavy atom. The number of nitrogens with two attached hydrogens (primary N) is 1. The van der Waals surface area contributed by atoms with Crippen LogP contribution in [0, 0.1) is 5.41 Å². The van der Waals surface area contributed by atoms with Gasteiger partial charge in [0.1, 0.15) is 4.90 Å². The summed E-state index contributed by atoms with van der Waals surface area (Å²) < 4.78 is 27.0. The molecule has 4 nitrogen and oxygen atoms in total. The average Bonchev–Trinajstić information content (AvgIpc) is 2.19. The number of anilines is 1. The van der Waals surface area contributed by atoms with Crippen molar-refractivity contribution in [1.29, 1.82) is 0 Å². The van der Waals surface area contributed by atoms with Crippen LogP contribution < -0.4 is 10.5 Å². The zero-order valence-corrected chi connectivity index (χ0v) is 12.6. The van der Waals surface area contributed by atoms with Gasteiger partial charge in [-0.1, -0.05) is 32.4 Å². The van der Waals surface area contributed by atoms with Crippen molar-refractivity contribution in [2.75, 3.05) is 5.73 Å². The van der Waals surface area contributed by atoms with Crippen LogP contribution in [-0.4, -0.2) is 14.5 Å². The van der Waals surface area contributed by atoms with Crippen LogP contribution in [0.3, 0.4) is 0 Å². The third-order valence-electron chi connectivity index (χ3n) is 2.88. The standard InChI is InChI=1S/C12H19ClN2O2S/c1-8(12(2,3)4)15-18(16,17)11-7-9(14)5-6-10(11)13/h5-8,15H,14H2,1-4H3. The fourth-order valence-corrected chi connectivity index (χ4v) is 3.18. The molecule has 1 unspecified atom stereocenters. The Morgan fingerprint density at radius 2 is 1.89 bits per heavy atom. The largest absolute Gasteiger partial charge is 0.399 e. The number of nitrogens with one attached hydrogen (secondary N) is 1. The Hall–Kier alpha value is -0.780. The maximum atomic E-state index is 12.2. The second-order valence-corrected chi connectivity index (χ2v) is 7.49. The molecule has 1 aromatic carbocycles. The minimum absolute atomic E-state index is 0.0141. The van der Waals surface area contributed by atoms with Crippen molar-refractivity contribution < 1.29 is 8.42 Å². The molecule has 0 saturated heterocycles. The topological polar surface area (TPSA) is 72.2 Å². The van der Waals surface area contributed by atoms with E-state index < -0.39 is 10.0 Å². The first-order valence-corrected chi connectivity index (χ1v) is 7.47. The van der Waals surface area contributed by atoms with Crippen LogP contribution in [0.4, 0.5) is 5.69 Å². The van der Waals surface area contributed by atoms with Gasteiger partial charge in [-0.3, -0.25) is 0 Å². The van der Waals surface area contributed by atoms with Crippen molar-refractivity contribution in [3.8, 4) is 0 Å². The smallest absolute Gasteiger partial charge is 0.242 e. The van der Waals surface area contributed by atoms with Crippen LogP contribution in [0.2, 0.25) is 5.02 Å². The molecule has 0 aromatic heterocycles. The highest BCUT2D eigenvalue weighted by Gasteiger charge is 2.27. The van der Waals surface area contributed by atoms with E-state index in [1.165, 1.54) is 12.1 Å². The fourth-order valence-electron chi connectivity index (χ4n) is 1.20. The van der Waals surface area contributed by atoms with Crippen LogP contribution in [0.5, 0.6) is 0 Å². The highest BCUT2D eigenvalue weighted by molar-refractivity contribution is 7.89. The SMILES string of the molecule is CC(NS(=O)(=O)c1cc(N)ccc1Cl)C(C)(C)C. The lowest BCUT2D eigenvalue weighted by atomic mass is 9.89. The normalized spacial score (nSPS) is 14.5. The first kappa shape index (κ1) is 15.3. The molecule has 1 atom stereocenters. The van der Waals surface area contributed by atoms with E-state index >= 15 is 0 Å². The maximum Gasteiger partial charge on any atom is 0.242 e. The summed E-state index contributed by atoms with van der Waals surface area (Å²) in [5.41, 5.74) is 5.77. The molecule has 0 fully saturated rings. The Balaban J connectivity index is 3.11. The van der Waals surface area contributed by atoms with Crippen molar-refractivity contribution in [2.24, 2.45) is 5.41 Å². The summed E-state index contributed by atoms with van der Waals surface area (Å²) in [4.78, 5) is 0.0141. The van der Waals surface area contributed by atoms with Gasteiger partial charge in [-0.2, -0.15) is 0 Å². The molecule has 0 aliphatic rings. The minimum atomic E-state index is -3.66. The Kier molecular flexibility index (Phi) is 4.30. The number of nitrogen functional groups attached to an aromatic ring is 1. The molecule has 1 aromatic rings. The summed E-state index contributed by atoms with van der Waals surface area (Å²) in [5.74, 6) is 0. The zero-order valence-electron chi connectivity index (χ0n) is 11.0. The van der Waals surface area contributed by atoms with Crippen molar-refractivity contribution in [3.05, 3.63) is 23.2 Å². The molecule has 0 aliphatic carbocycles. The Morgan fingerprint density at radius 1 is 1.33 bits per heavy atom. The van der Waals surface area contributed by atoms with E-state index in [4.69, 9.17) is 17.3 Å². The number of benzene rings is 1. The monoisotopic (exact) mass is 290 g/mol. The molecule has 6 heteroatoms. The van der Waals surface area contributed by atoms with Gasteiger partial charge in [0.15, 0.2) is 0 Å². The molecule has 0 radical (unpaired) electrons. The van der Waals surface area contributed by atoms with Gasteiger partial charge < -0.3 is 5.73 Å². The van der Waals surface area contributed by atoms with Gasteiger partial charge in [0.05, 0.1) is 5.02 Å². The quantitative estimate of drug-likeness (QED) is 0.841. The highest BCUT2D eigenvalue weighted by Crippen LogP contribution is 2.26. The van der Waals surface area contributed by atoms with Crippen molar-refractivity contribution in [3.63, 3.8) is 0 Å². The lowest BCUT2D eigenvalue weighted by Gasteiger charge is -2.28. The van der Waals surface area contributed by atoms with Gasteiger partial charge >= 0.3 is 0 Å². The molecule has 0 aliphatic heterocycles. The van der Waals surface area contributed by atoms with Gasteiger partial charge in [0.2, 0.25) is 10.0 Å². The summed E-state index contributed by atoms with van der Waals surface area (Å²) >= 11 is 5.90. The molecule has 0 bridgehead atoms. The van der Waals surface area contributed by atoms with E-state index in [1.54, 1.807) is 6.07 Å². The molecule has 1 rings (SSSR count). The summed E-state index contributed by atoms with van der Waals surface area (Å²) in [5, 5.41) is 0.165. The first-order chi connectivity index (χ1) is 8.04. The third-order valence-corrected chi connectivity index (χ3v) is 4.90. The molecule has 0 amide bonds. The lowest BCUT2D eigenvalue weighted by Crippen LogP contribution is -2.41. The maximum absolute atomic E-state index is 12.2. The Bertz CT molecular complexity index is 535. The molecule has 18 heavy (non-hydrogen) atoms. The second kappa shape index (κ2) is 5.07. The Labute approximate surface area is 114 Å². The first-order valence-electron chi connectivity index (χ1n) is 5.61. The summed E-state index contributed by atoms with van der Waals surface area (Å²) in [7, 11) is -3.66. The predicted molar refractivity (Wildman–Crippen MR) is 75.1 cm³/mol. The highest BCUT2D eigenvalue weighted by atomic mass is 35.5. The molecule has 102 valence electrons. The van der Waals surface area contributed by atoms with E-state index in [1.807, 2.05) is 27.7 Å². The number of rotatable bonds is 3. The zero-order chi connectivity index (χ0) is 14.1.